The average Bonchev–Trinajstić information content (AvgIpc) is 3.94. The maximum Gasteiger partial charge on any atom is 0.227 e. The predicted octanol–water partition coefficient (Wildman–Crippen LogP) is 13.6. The van der Waals surface area contributed by atoms with Gasteiger partial charge in [-0.3, -0.25) is 0 Å². The molecule has 0 aliphatic carbocycles. The summed E-state index contributed by atoms with van der Waals surface area (Å²) in [5, 5.41) is 4.31. The molecule has 0 aliphatic heterocycles. The van der Waals surface area contributed by atoms with Crippen LogP contribution >= 0.6 is 0 Å². The number of para-hydroxylation sites is 3. The molecule has 0 radical (unpaired) electrons. The number of oxazole rings is 1. The zero-order chi connectivity index (χ0) is 35.6. The molecule has 11 rings (SSSR count). The first kappa shape index (κ1) is 30.3. The van der Waals surface area contributed by atoms with Gasteiger partial charge in [0.1, 0.15) is 22.4 Å². The van der Waals surface area contributed by atoms with Crippen LogP contribution in [0.15, 0.2) is 197 Å². The van der Waals surface area contributed by atoms with Crippen molar-refractivity contribution in [3.8, 4) is 28.3 Å². The van der Waals surface area contributed by atoms with Crippen LogP contribution in [0.5, 0.6) is 0 Å². The fourth-order valence-electron chi connectivity index (χ4n) is 7.96. The first-order valence-corrected chi connectivity index (χ1v) is 18.1. The molecule has 0 spiro atoms. The molecule has 0 atom stereocenters. The molecule has 0 fully saturated rings. The molecule has 0 aliphatic rings. The lowest BCUT2D eigenvalue weighted by Crippen LogP contribution is -2.11. The first-order valence-electron chi connectivity index (χ1n) is 18.1. The van der Waals surface area contributed by atoms with E-state index in [1.54, 1.807) is 0 Å². The van der Waals surface area contributed by atoms with Gasteiger partial charge in [0.05, 0.1) is 16.4 Å². The van der Waals surface area contributed by atoms with Crippen molar-refractivity contribution >= 4 is 71.9 Å². The summed E-state index contributed by atoms with van der Waals surface area (Å²) in [5.74, 6) is 0.560. The van der Waals surface area contributed by atoms with Gasteiger partial charge in [-0.1, -0.05) is 115 Å². The quantitative estimate of drug-likeness (QED) is 0.174. The Balaban J connectivity index is 1.23. The molecule has 3 aromatic heterocycles. The molecule has 0 unspecified atom stereocenters. The van der Waals surface area contributed by atoms with Crippen molar-refractivity contribution in [1.29, 1.82) is 0 Å². The van der Waals surface area contributed by atoms with E-state index in [9.17, 15) is 0 Å². The van der Waals surface area contributed by atoms with Gasteiger partial charge in [-0.25, -0.2) is 4.98 Å². The minimum absolute atomic E-state index is 0.560. The summed E-state index contributed by atoms with van der Waals surface area (Å²) in [4.78, 5) is 7.37. The van der Waals surface area contributed by atoms with Crippen LogP contribution in [0.25, 0.3) is 83.1 Å². The second kappa shape index (κ2) is 12.1. The number of anilines is 3. The number of hydrogen-bond acceptors (Lipinski definition) is 4. The number of furan rings is 1. The van der Waals surface area contributed by atoms with Crippen LogP contribution in [-0.4, -0.2) is 9.55 Å². The Labute approximate surface area is 310 Å². The van der Waals surface area contributed by atoms with Crippen LogP contribution in [-0.2, 0) is 0 Å². The van der Waals surface area contributed by atoms with Gasteiger partial charge >= 0.3 is 0 Å². The van der Waals surface area contributed by atoms with Gasteiger partial charge in [0.15, 0.2) is 5.58 Å². The lowest BCUT2D eigenvalue weighted by Gasteiger charge is -2.26. The van der Waals surface area contributed by atoms with Gasteiger partial charge in [0.25, 0.3) is 0 Å². The van der Waals surface area contributed by atoms with Crippen molar-refractivity contribution in [2.45, 2.75) is 0 Å². The Morgan fingerprint density at radius 2 is 1.06 bits per heavy atom. The van der Waals surface area contributed by atoms with Gasteiger partial charge in [-0.15, -0.1) is 0 Å². The lowest BCUT2D eigenvalue weighted by atomic mass is 10.0. The number of aromatic nitrogens is 2. The molecular formula is C49H31N3O2. The van der Waals surface area contributed by atoms with Crippen LogP contribution in [0.3, 0.4) is 0 Å². The number of nitrogens with zero attached hydrogens (tertiary/aromatic N) is 3. The Hall–Kier alpha value is -7.37. The zero-order valence-corrected chi connectivity index (χ0v) is 29.1. The Kier molecular flexibility index (Phi) is 6.79. The molecule has 5 nitrogen and oxygen atoms in total. The van der Waals surface area contributed by atoms with Crippen LogP contribution < -0.4 is 4.90 Å². The number of benzene rings is 8. The fourth-order valence-corrected chi connectivity index (χ4v) is 7.96. The molecule has 3 heterocycles. The highest BCUT2D eigenvalue weighted by molar-refractivity contribution is 6.21. The van der Waals surface area contributed by atoms with E-state index in [0.717, 1.165) is 77.8 Å². The van der Waals surface area contributed by atoms with E-state index in [-0.39, 0.29) is 0 Å². The fraction of sp³-hybridized carbons (Fsp3) is 0. The van der Waals surface area contributed by atoms with Crippen LogP contribution in [0.2, 0.25) is 0 Å². The van der Waals surface area contributed by atoms with Gasteiger partial charge in [0.2, 0.25) is 5.89 Å². The van der Waals surface area contributed by atoms with Crippen molar-refractivity contribution in [2.75, 3.05) is 4.90 Å². The highest BCUT2D eigenvalue weighted by Crippen LogP contribution is 2.49. The number of rotatable bonds is 6. The van der Waals surface area contributed by atoms with Crippen LogP contribution in [0, 0.1) is 0 Å². The van der Waals surface area contributed by atoms with E-state index in [0.29, 0.717) is 11.5 Å². The first-order chi connectivity index (χ1) is 26.8. The van der Waals surface area contributed by atoms with Crippen molar-refractivity contribution in [3.05, 3.63) is 188 Å². The molecule has 0 N–H and O–H groups in total. The monoisotopic (exact) mass is 693 g/mol. The molecule has 0 bridgehead atoms. The lowest BCUT2D eigenvalue weighted by molar-refractivity contribution is 0.620. The highest BCUT2D eigenvalue weighted by atomic mass is 16.4. The molecule has 0 saturated carbocycles. The van der Waals surface area contributed by atoms with Gasteiger partial charge in [0, 0.05) is 44.9 Å². The molecule has 54 heavy (non-hydrogen) atoms. The third-order valence-corrected chi connectivity index (χ3v) is 10.4. The molecule has 5 heteroatoms. The Morgan fingerprint density at radius 1 is 0.444 bits per heavy atom. The maximum atomic E-state index is 6.85. The molecule has 254 valence electrons. The molecule has 0 saturated heterocycles. The summed E-state index contributed by atoms with van der Waals surface area (Å²) in [6.07, 6.45) is 0. The van der Waals surface area contributed by atoms with E-state index in [1.807, 2.05) is 54.6 Å². The van der Waals surface area contributed by atoms with E-state index >= 15 is 0 Å². The van der Waals surface area contributed by atoms with Crippen molar-refractivity contribution < 1.29 is 8.83 Å². The van der Waals surface area contributed by atoms with Crippen LogP contribution in [0.4, 0.5) is 17.1 Å². The van der Waals surface area contributed by atoms with E-state index in [1.165, 1.54) is 10.9 Å². The van der Waals surface area contributed by atoms with Crippen molar-refractivity contribution in [2.24, 2.45) is 0 Å². The molecule has 11 aromatic rings. The normalized spacial score (nSPS) is 11.7. The third-order valence-electron chi connectivity index (χ3n) is 10.4. The Bertz CT molecular complexity index is 3140. The van der Waals surface area contributed by atoms with Crippen LogP contribution in [0.1, 0.15) is 0 Å². The smallest absolute Gasteiger partial charge is 0.227 e. The van der Waals surface area contributed by atoms with E-state index in [2.05, 4.69) is 143 Å². The second-order valence-electron chi connectivity index (χ2n) is 13.6. The summed E-state index contributed by atoms with van der Waals surface area (Å²) in [7, 11) is 0. The van der Waals surface area contributed by atoms with Gasteiger partial charge in [-0.05, 0) is 77.9 Å². The summed E-state index contributed by atoms with van der Waals surface area (Å²) >= 11 is 0. The second-order valence-corrected chi connectivity index (χ2v) is 13.6. The van der Waals surface area contributed by atoms with Crippen molar-refractivity contribution in [3.63, 3.8) is 0 Å². The summed E-state index contributed by atoms with van der Waals surface area (Å²) in [6, 6.07) is 65.5. The van der Waals surface area contributed by atoms with E-state index < -0.39 is 0 Å². The summed E-state index contributed by atoms with van der Waals surface area (Å²) in [6.45, 7) is 0. The number of fused-ring (bicyclic) bond motifs is 7. The Morgan fingerprint density at radius 3 is 1.83 bits per heavy atom. The van der Waals surface area contributed by atoms with Gasteiger partial charge < -0.3 is 18.3 Å². The minimum Gasteiger partial charge on any atom is -0.456 e. The highest BCUT2D eigenvalue weighted by Gasteiger charge is 2.27. The third kappa shape index (κ3) is 4.76. The SMILES string of the molecule is c1ccc(-c2ccc(N(c3ccc4c(c3)c3ccccc3n4-c3ccccc3)c3c4oc(-c5ccccc5)nc4cc4oc5ccccc5c34)cc2)cc1. The zero-order valence-electron chi connectivity index (χ0n) is 29.1. The topological polar surface area (TPSA) is 47.3 Å². The molecule has 0 amide bonds. The summed E-state index contributed by atoms with van der Waals surface area (Å²) in [5.41, 5.74) is 12.4. The minimum atomic E-state index is 0.560. The molecule has 8 aromatic carbocycles. The molecular weight excluding hydrogens is 663 g/mol. The maximum absolute atomic E-state index is 6.85. The average molecular weight is 694 g/mol. The summed E-state index contributed by atoms with van der Waals surface area (Å²) < 4.78 is 15.8. The van der Waals surface area contributed by atoms with Crippen molar-refractivity contribution in [1.82, 2.24) is 9.55 Å². The standard InChI is InChI=1S/C49H31N3O2/c1-4-14-32(15-5-1)33-24-26-36(27-25-33)51(37-28-29-43-40(30-37)38-20-10-12-22-42(38)52(43)35-18-8-3-9-19-35)47-46-39-21-11-13-23-44(39)53-45(46)31-41-48(47)54-49(50-41)34-16-6-2-7-17-34/h1-31H. The van der Waals surface area contributed by atoms with Gasteiger partial charge in [-0.2, -0.15) is 0 Å². The van der Waals surface area contributed by atoms with E-state index in [4.69, 9.17) is 13.8 Å². The number of hydrogen-bond donors (Lipinski definition) is 0. The predicted molar refractivity (Wildman–Crippen MR) is 221 cm³/mol. The largest absolute Gasteiger partial charge is 0.456 e.